The number of pyridine rings is 1. The number of morpholine rings is 1. The molecule has 1 aromatic rings. The van der Waals surface area contributed by atoms with Crippen molar-refractivity contribution >= 4 is 5.91 Å². The lowest BCUT2D eigenvalue weighted by molar-refractivity contribution is -0.123. The van der Waals surface area contributed by atoms with Gasteiger partial charge in [0.15, 0.2) is 0 Å². The Hall–Kier alpha value is -1.73. The Morgan fingerprint density at radius 1 is 1.48 bits per heavy atom. The van der Waals surface area contributed by atoms with Gasteiger partial charge in [0.2, 0.25) is 5.91 Å². The van der Waals surface area contributed by atoms with Crippen LogP contribution in [0.4, 0.5) is 4.39 Å². The molecule has 2 rings (SSSR count). The van der Waals surface area contributed by atoms with Crippen molar-refractivity contribution in [1.82, 2.24) is 14.8 Å². The van der Waals surface area contributed by atoms with Gasteiger partial charge in [-0.2, -0.15) is 0 Å². The van der Waals surface area contributed by atoms with Crippen LogP contribution in [0.5, 0.6) is 0 Å². The number of halogens is 1. The summed E-state index contributed by atoms with van der Waals surface area (Å²) in [6.07, 6.45) is 0.972. The molecule has 1 aromatic heterocycles. The van der Waals surface area contributed by atoms with E-state index in [2.05, 4.69) is 24.1 Å². The fraction of sp³-hybridized carbons (Fsp3) is 0.625. The van der Waals surface area contributed by atoms with Crippen LogP contribution in [0.15, 0.2) is 23.1 Å². The fourth-order valence-electron chi connectivity index (χ4n) is 2.65. The molecule has 1 aliphatic rings. The van der Waals surface area contributed by atoms with E-state index in [1.807, 2.05) is 0 Å². The fourth-order valence-corrected chi connectivity index (χ4v) is 2.65. The minimum atomic E-state index is -0.544. The number of nitrogens with zero attached hydrogens (tertiary/aromatic N) is 2. The van der Waals surface area contributed by atoms with Gasteiger partial charge in [0.05, 0.1) is 12.7 Å². The van der Waals surface area contributed by atoms with Crippen molar-refractivity contribution in [2.75, 3.05) is 32.8 Å². The molecule has 23 heavy (non-hydrogen) atoms. The molecule has 1 aliphatic heterocycles. The smallest absolute Gasteiger partial charge is 0.251 e. The molecule has 128 valence electrons. The summed E-state index contributed by atoms with van der Waals surface area (Å²) in [5, 5.41) is 2.75. The summed E-state index contributed by atoms with van der Waals surface area (Å²) < 4.78 is 19.8. The Labute approximate surface area is 135 Å². The summed E-state index contributed by atoms with van der Waals surface area (Å²) in [6.45, 7) is 7.87. The molecular formula is C16H24FN3O3. The molecule has 0 aromatic carbocycles. The molecule has 6 nitrogen and oxygen atoms in total. The molecular weight excluding hydrogens is 301 g/mol. The standard InChI is InChI=1S/C16H24FN3O3/c1-12(2)8-19-5-6-23-14(10-19)7-18-15(21)11-20-9-13(17)3-4-16(20)22/h3-4,9,12,14H,5-8,10-11H2,1-2H3,(H,18,21). The number of rotatable bonds is 6. The monoisotopic (exact) mass is 325 g/mol. The lowest BCUT2D eigenvalue weighted by atomic mass is 10.2. The molecule has 1 amide bonds. The van der Waals surface area contributed by atoms with Crippen molar-refractivity contribution in [2.45, 2.75) is 26.5 Å². The largest absolute Gasteiger partial charge is 0.374 e. The van der Waals surface area contributed by atoms with Gasteiger partial charge in [-0.05, 0) is 12.0 Å². The van der Waals surface area contributed by atoms with Gasteiger partial charge in [0.25, 0.3) is 5.56 Å². The predicted molar refractivity (Wildman–Crippen MR) is 84.7 cm³/mol. The molecule has 1 atom stereocenters. The number of hydrogen-bond donors (Lipinski definition) is 1. The van der Waals surface area contributed by atoms with E-state index in [9.17, 15) is 14.0 Å². The number of ether oxygens (including phenoxy) is 1. The van der Waals surface area contributed by atoms with Crippen LogP contribution >= 0.6 is 0 Å². The van der Waals surface area contributed by atoms with Gasteiger partial charge in [-0.25, -0.2) is 4.39 Å². The van der Waals surface area contributed by atoms with Crippen molar-refractivity contribution in [3.05, 3.63) is 34.5 Å². The van der Waals surface area contributed by atoms with Crippen molar-refractivity contribution in [1.29, 1.82) is 0 Å². The zero-order chi connectivity index (χ0) is 16.8. The molecule has 7 heteroatoms. The highest BCUT2D eigenvalue weighted by Crippen LogP contribution is 2.07. The van der Waals surface area contributed by atoms with Crippen molar-refractivity contribution in [2.24, 2.45) is 5.92 Å². The Morgan fingerprint density at radius 3 is 3.00 bits per heavy atom. The van der Waals surface area contributed by atoms with E-state index in [1.54, 1.807) is 0 Å². The van der Waals surface area contributed by atoms with Crippen LogP contribution in [-0.2, 0) is 16.1 Å². The van der Waals surface area contributed by atoms with E-state index in [1.165, 1.54) is 0 Å². The summed E-state index contributed by atoms with van der Waals surface area (Å²) in [4.78, 5) is 25.8. The van der Waals surface area contributed by atoms with Gasteiger partial charge in [-0.15, -0.1) is 0 Å². The molecule has 1 saturated heterocycles. The van der Waals surface area contributed by atoms with Crippen LogP contribution in [0, 0.1) is 11.7 Å². The van der Waals surface area contributed by atoms with E-state index >= 15 is 0 Å². The number of amides is 1. The number of nitrogens with one attached hydrogen (secondary N) is 1. The van der Waals surface area contributed by atoms with Crippen molar-refractivity contribution in [3.63, 3.8) is 0 Å². The van der Waals surface area contributed by atoms with Crippen molar-refractivity contribution in [3.8, 4) is 0 Å². The van der Waals surface area contributed by atoms with Crippen LogP contribution in [0.3, 0.4) is 0 Å². The summed E-state index contributed by atoms with van der Waals surface area (Å²) in [5.74, 6) is -0.289. The molecule has 1 fully saturated rings. The van der Waals surface area contributed by atoms with Gasteiger partial charge < -0.3 is 14.6 Å². The Bertz CT molecular complexity index is 588. The highest BCUT2D eigenvalue weighted by atomic mass is 19.1. The third-order valence-corrected chi connectivity index (χ3v) is 3.63. The average molecular weight is 325 g/mol. The zero-order valence-electron chi connectivity index (χ0n) is 13.6. The maximum atomic E-state index is 13.1. The molecule has 0 spiro atoms. The van der Waals surface area contributed by atoms with E-state index in [4.69, 9.17) is 4.74 Å². The second-order valence-corrected chi connectivity index (χ2v) is 6.26. The number of carbonyl (C=O) groups is 1. The first kappa shape index (κ1) is 17.6. The molecule has 1 unspecified atom stereocenters. The van der Waals surface area contributed by atoms with E-state index in [0.29, 0.717) is 19.1 Å². The SMILES string of the molecule is CC(C)CN1CCOC(CNC(=O)Cn2cc(F)ccc2=O)C1. The van der Waals surface area contributed by atoms with Gasteiger partial charge in [0, 0.05) is 38.4 Å². The first-order valence-corrected chi connectivity index (χ1v) is 7.90. The lowest BCUT2D eigenvalue weighted by Crippen LogP contribution is -2.48. The number of aromatic nitrogens is 1. The summed E-state index contributed by atoms with van der Waals surface area (Å²) in [7, 11) is 0. The normalized spacial score (nSPS) is 19.0. The Balaban J connectivity index is 1.80. The van der Waals surface area contributed by atoms with E-state index in [-0.39, 0.29) is 18.6 Å². The highest BCUT2D eigenvalue weighted by Gasteiger charge is 2.21. The molecule has 0 saturated carbocycles. The number of carbonyl (C=O) groups excluding carboxylic acids is 1. The minimum absolute atomic E-state index is 0.0596. The quantitative estimate of drug-likeness (QED) is 0.825. The third-order valence-electron chi connectivity index (χ3n) is 3.63. The summed E-state index contributed by atoms with van der Waals surface area (Å²) >= 11 is 0. The Morgan fingerprint density at radius 2 is 2.26 bits per heavy atom. The molecule has 0 radical (unpaired) electrons. The first-order chi connectivity index (χ1) is 10.9. The lowest BCUT2D eigenvalue weighted by Gasteiger charge is -2.33. The van der Waals surface area contributed by atoms with Gasteiger partial charge in [0.1, 0.15) is 12.4 Å². The Kier molecular flexibility index (Phi) is 6.29. The minimum Gasteiger partial charge on any atom is -0.374 e. The number of hydrogen-bond acceptors (Lipinski definition) is 4. The summed E-state index contributed by atoms with van der Waals surface area (Å²) in [6, 6.07) is 2.19. The van der Waals surface area contributed by atoms with Crippen molar-refractivity contribution < 1.29 is 13.9 Å². The summed E-state index contributed by atoms with van der Waals surface area (Å²) in [5.41, 5.74) is -0.404. The van der Waals surface area contributed by atoms with Crippen LogP contribution in [0.2, 0.25) is 0 Å². The zero-order valence-corrected chi connectivity index (χ0v) is 13.6. The topological polar surface area (TPSA) is 63.6 Å². The maximum Gasteiger partial charge on any atom is 0.251 e. The van der Waals surface area contributed by atoms with Gasteiger partial charge >= 0.3 is 0 Å². The van der Waals surface area contributed by atoms with Crippen LogP contribution in [0.1, 0.15) is 13.8 Å². The van der Waals surface area contributed by atoms with Crippen LogP contribution in [0.25, 0.3) is 0 Å². The predicted octanol–water partition coefficient (Wildman–Crippen LogP) is 0.460. The van der Waals surface area contributed by atoms with E-state index in [0.717, 1.165) is 42.5 Å². The second kappa shape index (κ2) is 8.21. The molecule has 0 bridgehead atoms. The second-order valence-electron chi connectivity index (χ2n) is 6.26. The highest BCUT2D eigenvalue weighted by molar-refractivity contribution is 5.75. The molecule has 0 aliphatic carbocycles. The molecule has 2 heterocycles. The van der Waals surface area contributed by atoms with E-state index < -0.39 is 11.4 Å². The maximum absolute atomic E-state index is 13.1. The van der Waals surface area contributed by atoms with Gasteiger partial charge in [-0.3, -0.25) is 14.5 Å². The van der Waals surface area contributed by atoms with Crippen LogP contribution in [-0.4, -0.2) is 54.3 Å². The third kappa shape index (κ3) is 5.76. The first-order valence-electron chi connectivity index (χ1n) is 7.90. The molecule has 1 N–H and O–H groups in total. The van der Waals surface area contributed by atoms with Gasteiger partial charge in [-0.1, -0.05) is 13.8 Å². The average Bonchev–Trinajstić information content (AvgIpc) is 2.49. The van der Waals surface area contributed by atoms with Crippen LogP contribution < -0.4 is 10.9 Å².